The van der Waals surface area contributed by atoms with Gasteiger partial charge in [-0.2, -0.15) is 0 Å². The maximum absolute atomic E-state index is 5.08. The van der Waals surface area contributed by atoms with Gasteiger partial charge in [-0.05, 0) is 12.1 Å². The molecule has 2 rings (SSSR count). The van der Waals surface area contributed by atoms with Crippen LogP contribution in [0.3, 0.4) is 0 Å². The normalized spacial score (nSPS) is 23.8. The zero-order valence-electron chi connectivity index (χ0n) is 8.03. The van der Waals surface area contributed by atoms with E-state index in [-0.39, 0.29) is 6.35 Å². The molecule has 1 aliphatic rings. The minimum atomic E-state index is -0.113. The maximum Gasteiger partial charge on any atom is 0.185 e. The Bertz CT molecular complexity index is 323. The Kier molecular flexibility index (Phi) is 2.76. The lowest BCUT2D eigenvalue weighted by Crippen LogP contribution is -2.33. The summed E-state index contributed by atoms with van der Waals surface area (Å²) in [6.07, 6.45) is -0.113. The average Bonchev–Trinajstić information content (AvgIpc) is 2.67. The fourth-order valence-electron chi connectivity index (χ4n) is 1.32. The molecule has 0 amide bonds. The minimum Gasteiger partial charge on any atom is -0.348 e. The van der Waals surface area contributed by atoms with Crippen LogP contribution in [0.15, 0.2) is 35.3 Å². The van der Waals surface area contributed by atoms with E-state index in [0.29, 0.717) is 6.54 Å². The highest BCUT2D eigenvalue weighted by Crippen LogP contribution is 2.10. The third-order valence-electron chi connectivity index (χ3n) is 2.01. The van der Waals surface area contributed by atoms with Crippen LogP contribution in [0, 0.1) is 0 Å². The summed E-state index contributed by atoms with van der Waals surface area (Å²) in [5, 5.41) is 6.22. The monoisotopic (exact) mass is 191 g/mol. The average molecular weight is 191 g/mol. The van der Waals surface area contributed by atoms with Crippen molar-refractivity contribution in [1.29, 1.82) is 0 Å². The zero-order valence-corrected chi connectivity index (χ0v) is 8.03. The highest BCUT2D eigenvalue weighted by molar-refractivity contribution is 5.88. The number of hydrogen-bond donors (Lipinski definition) is 2. The molecule has 1 aliphatic heterocycles. The number of amidine groups is 1. The van der Waals surface area contributed by atoms with Gasteiger partial charge in [-0.25, -0.2) is 4.99 Å². The summed E-state index contributed by atoms with van der Waals surface area (Å²) in [5.74, 6) is 0.906. The third-order valence-corrected chi connectivity index (χ3v) is 2.01. The van der Waals surface area contributed by atoms with Crippen LogP contribution in [0.5, 0.6) is 0 Å². The summed E-state index contributed by atoms with van der Waals surface area (Å²) < 4.78 is 5.08. The zero-order chi connectivity index (χ0) is 9.80. The van der Waals surface area contributed by atoms with Crippen molar-refractivity contribution in [3.63, 3.8) is 0 Å². The number of hydrogen-bond acceptors (Lipinski definition) is 3. The Morgan fingerprint density at radius 3 is 2.79 bits per heavy atom. The van der Waals surface area contributed by atoms with E-state index >= 15 is 0 Å². The molecule has 1 heterocycles. The first-order valence-corrected chi connectivity index (χ1v) is 4.54. The number of methoxy groups -OCH3 is 1. The van der Waals surface area contributed by atoms with Gasteiger partial charge in [0.15, 0.2) is 6.35 Å². The van der Waals surface area contributed by atoms with Gasteiger partial charge in [0.2, 0.25) is 0 Å². The van der Waals surface area contributed by atoms with Crippen molar-refractivity contribution in [2.45, 2.75) is 6.35 Å². The van der Waals surface area contributed by atoms with Crippen molar-refractivity contribution in [3.8, 4) is 0 Å². The van der Waals surface area contributed by atoms with E-state index < -0.39 is 0 Å². The molecule has 1 aromatic carbocycles. The van der Waals surface area contributed by atoms with Crippen LogP contribution in [0.1, 0.15) is 0 Å². The van der Waals surface area contributed by atoms with Crippen LogP contribution in [0.4, 0.5) is 5.69 Å². The molecule has 0 saturated carbocycles. The SMILES string of the molecule is COC1NCC(=Nc2ccccc2)N1. The molecule has 0 aliphatic carbocycles. The topological polar surface area (TPSA) is 45.6 Å². The summed E-state index contributed by atoms with van der Waals surface area (Å²) in [7, 11) is 1.65. The van der Waals surface area contributed by atoms with E-state index in [4.69, 9.17) is 4.74 Å². The van der Waals surface area contributed by atoms with E-state index in [1.165, 1.54) is 0 Å². The number of aliphatic imine (C=N–C) groups is 1. The van der Waals surface area contributed by atoms with Crippen LogP contribution < -0.4 is 10.6 Å². The number of ether oxygens (including phenoxy) is 1. The maximum atomic E-state index is 5.08. The van der Waals surface area contributed by atoms with Crippen LogP contribution >= 0.6 is 0 Å². The first kappa shape index (κ1) is 9.18. The molecule has 14 heavy (non-hydrogen) atoms. The van der Waals surface area contributed by atoms with E-state index in [9.17, 15) is 0 Å². The molecule has 1 unspecified atom stereocenters. The van der Waals surface area contributed by atoms with Gasteiger partial charge in [-0.1, -0.05) is 18.2 Å². The van der Waals surface area contributed by atoms with Crippen LogP contribution in [-0.4, -0.2) is 25.8 Å². The second-order valence-electron chi connectivity index (χ2n) is 3.04. The van der Waals surface area contributed by atoms with Gasteiger partial charge in [0.05, 0.1) is 12.2 Å². The summed E-state index contributed by atoms with van der Waals surface area (Å²) >= 11 is 0. The van der Waals surface area contributed by atoms with E-state index in [1.807, 2.05) is 30.3 Å². The molecule has 2 N–H and O–H groups in total. The minimum absolute atomic E-state index is 0.113. The lowest BCUT2D eigenvalue weighted by molar-refractivity contribution is 0.0782. The molecule has 1 fully saturated rings. The van der Waals surface area contributed by atoms with Crippen molar-refractivity contribution in [2.24, 2.45) is 4.99 Å². The Labute approximate surface area is 83.0 Å². The van der Waals surface area contributed by atoms with Crippen molar-refractivity contribution >= 4 is 11.5 Å². The van der Waals surface area contributed by atoms with Gasteiger partial charge in [-0.3, -0.25) is 5.32 Å². The van der Waals surface area contributed by atoms with E-state index in [2.05, 4.69) is 15.6 Å². The summed E-state index contributed by atoms with van der Waals surface area (Å²) in [5.41, 5.74) is 0.952. The Hall–Kier alpha value is -1.39. The molecule has 0 spiro atoms. The summed E-state index contributed by atoms with van der Waals surface area (Å²) in [6, 6.07) is 9.84. The predicted molar refractivity (Wildman–Crippen MR) is 55.5 cm³/mol. The van der Waals surface area contributed by atoms with Crippen molar-refractivity contribution < 1.29 is 4.74 Å². The second-order valence-corrected chi connectivity index (χ2v) is 3.04. The fraction of sp³-hybridized carbons (Fsp3) is 0.300. The highest BCUT2D eigenvalue weighted by atomic mass is 16.5. The summed E-state index contributed by atoms with van der Waals surface area (Å²) in [6.45, 7) is 0.716. The predicted octanol–water partition coefficient (Wildman–Crippen LogP) is 0.839. The lowest BCUT2D eigenvalue weighted by Gasteiger charge is -2.06. The molecule has 0 radical (unpaired) electrons. The summed E-state index contributed by atoms with van der Waals surface area (Å²) in [4.78, 5) is 4.42. The fourth-order valence-corrected chi connectivity index (χ4v) is 1.32. The van der Waals surface area contributed by atoms with Crippen LogP contribution in [0.2, 0.25) is 0 Å². The molecular weight excluding hydrogens is 178 g/mol. The van der Waals surface area contributed by atoms with Gasteiger partial charge in [0, 0.05) is 7.11 Å². The Morgan fingerprint density at radius 1 is 1.36 bits per heavy atom. The molecule has 0 aromatic heterocycles. The molecule has 0 bridgehead atoms. The number of benzene rings is 1. The molecule has 74 valence electrons. The molecule has 4 nitrogen and oxygen atoms in total. The van der Waals surface area contributed by atoms with Gasteiger partial charge < -0.3 is 10.1 Å². The Balaban J connectivity index is 2.06. The number of nitrogens with zero attached hydrogens (tertiary/aromatic N) is 1. The van der Waals surface area contributed by atoms with E-state index in [1.54, 1.807) is 7.11 Å². The van der Waals surface area contributed by atoms with Gasteiger partial charge in [-0.15, -0.1) is 0 Å². The van der Waals surface area contributed by atoms with Crippen molar-refractivity contribution in [3.05, 3.63) is 30.3 Å². The molecule has 1 atom stereocenters. The second kappa shape index (κ2) is 4.21. The number of nitrogens with one attached hydrogen (secondary N) is 2. The van der Waals surface area contributed by atoms with E-state index in [0.717, 1.165) is 11.5 Å². The molecule has 1 aromatic rings. The van der Waals surface area contributed by atoms with Gasteiger partial charge in [0.1, 0.15) is 5.84 Å². The molecule has 4 heteroatoms. The van der Waals surface area contributed by atoms with Crippen LogP contribution in [-0.2, 0) is 4.74 Å². The van der Waals surface area contributed by atoms with Crippen molar-refractivity contribution in [1.82, 2.24) is 10.6 Å². The number of rotatable bonds is 2. The molecule has 1 saturated heterocycles. The third kappa shape index (κ3) is 2.10. The van der Waals surface area contributed by atoms with Crippen LogP contribution in [0.25, 0.3) is 0 Å². The Morgan fingerprint density at radius 2 is 2.14 bits per heavy atom. The first-order valence-electron chi connectivity index (χ1n) is 4.54. The molecular formula is C10H13N3O. The number of para-hydroxylation sites is 1. The van der Waals surface area contributed by atoms with Gasteiger partial charge >= 0.3 is 0 Å². The quantitative estimate of drug-likeness (QED) is 0.728. The lowest BCUT2D eigenvalue weighted by atomic mass is 10.3. The largest absolute Gasteiger partial charge is 0.348 e. The standard InChI is InChI=1S/C10H13N3O/c1-14-10-11-7-9(13-10)12-8-5-3-2-4-6-8/h2-6,10-11H,7H2,1H3,(H,12,13). The van der Waals surface area contributed by atoms with Crippen molar-refractivity contribution in [2.75, 3.05) is 13.7 Å². The first-order chi connectivity index (χ1) is 6.88. The smallest absolute Gasteiger partial charge is 0.185 e. The highest BCUT2D eigenvalue weighted by Gasteiger charge is 2.16. The van der Waals surface area contributed by atoms with Gasteiger partial charge in [0.25, 0.3) is 0 Å².